The number of halogens is 1. The van der Waals surface area contributed by atoms with Gasteiger partial charge in [-0.05, 0) is 30.2 Å². The summed E-state index contributed by atoms with van der Waals surface area (Å²) in [5.41, 5.74) is -0.0181. The monoisotopic (exact) mass is 227 g/mol. The quantitative estimate of drug-likeness (QED) is 0.343. The van der Waals surface area contributed by atoms with Crippen molar-refractivity contribution in [3.05, 3.63) is 38.9 Å². The summed E-state index contributed by atoms with van der Waals surface area (Å²) in [6, 6.07) is 2.27. The molecule has 0 bridgehead atoms. The second-order valence-electron chi connectivity index (χ2n) is 2.87. The van der Waals surface area contributed by atoms with Crippen LogP contribution in [-0.4, -0.2) is 16.5 Å². The van der Waals surface area contributed by atoms with Crippen LogP contribution < -0.4 is 0 Å². The lowest BCUT2D eigenvalue weighted by atomic mass is 10.0. The number of nitrogens with zero attached hydrogens (tertiary/aromatic N) is 1. The Morgan fingerprint density at radius 3 is 2.53 bits per heavy atom. The van der Waals surface area contributed by atoms with Gasteiger partial charge in [0.05, 0.1) is 4.92 Å². The van der Waals surface area contributed by atoms with Crippen molar-refractivity contribution in [2.75, 3.05) is 0 Å². The van der Waals surface area contributed by atoms with Crippen molar-refractivity contribution < 1.29 is 14.5 Å². The van der Waals surface area contributed by atoms with Gasteiger partial charge >= 0.3 is 0 Å². The van der Waals surface area contributed by atoms with E-state index < -0.39 is 15.9 Å². The fourth-order valence-corrected chi connectivity index (χ4v) is 1.30. The van der Waals surface area contributed by atoms with Crippen molar-refractivity contribution in [1.82, 2.24) is 0 Å². The average Bonchev–Trinajstić information content (AvgIpc) is 2.16. The van der Waals surface area contributed by atoms with Crippen molar-refractivity contribution in [2.24, 2.45) is 0 Å². The lowest BCUT2D eigenvalue weighted by Gasteiger charge is -2.02. The van der Waals surface area contributed by atoms with E-state index in [1.165, 1.54) is 6.07 Å². The maximum Gasteiger partial charge on any atom is 0.282 e. The molecule has 0 fully saturated rings. The molecule has 6 heteroatoms. The number of nitro benzene ring substituents is 1. The fraction of sp³-hybridized carbons (Fsp3) is 0.111. The van der Waals surface area contributed by atoms with E-state index in [9.17, 15) is 19.7 Å². The maximum absolute atomic E-state index is 10.9. The molecule has 1 aromatic carbocycles. The molecule has 15 heavy (non-hydrogen) atoms. The van der Waals surface area contributed by atoms with Crippen LogP contribution in [0.3, 0.4) is 0 Å². The Morgan fingerprint density at radius 1 is 1.53 bits per heavy atom. The third kappa shape index (κ3) is 2.19. The Labute approximate surface area is 89.8 Å². The molecule has 0 N–H and O–H groups in total. The van der Waals surface area contributed by atoms with Gasteiger partial charge in [0.25, 0.3) is 10.9 Å². The summed E-state index contributed by atoms with van der Waals surface area (Å²) in [5, 5.41) is 9.67. The molecule has 0 unspecified atom stereocenters. The van der Waals surface area contributed by atoms with Gasteiger partial charge in [0.1, 0.15) is 5.56 Å². The zero-order valence-corrected chi connectivity index (χ0v) is 8.45. The highest BCUT2D eigenvalue weighted by atomic mass is 35.5. The number of aryl methyl sites for hydroxylation is 1. The van der Waals surface area contributed by atoms with E-state index in [-0.39, 0.29) is 11.1 Å². The van der Waals surface area contributed by atoms with Crippen molar-refractivity contribution >= 4 is 28.8 Å². The van der Waals surface area contributed by atoms with Crippen molar-refractivity contribution in [3.8, 4) is 0 Å². The lowest BCUT2D eigenvalue weighted by Crippen LogP contribution is -2.01. The van der Waals surface area contributed by atoms with Gasteiger partial charge in [0.15, 0.2) is 6.29 Å². The topological polar surface area (TPSA) is 77.3 Å². The first-order valence-electron chi connectivity index (χ1n) is 3.91. The van der Waals surface area contributed by atoms with Crippen LogP contribution in [-0.2, 0) is 0 Å². The number of nitro groups is 1. The van der Waals surface area contributed by atoms with E-state index in [0.29, 0.717) is 11.8 Å². The van der Waals surface area contributed by atoms with Gasteiger partial charge in [-0.25, -0.2) is 0 Å². The zero-order chi connectivity index (χ0) is 11.6. The van der Waals surface area contributed by atoms with E-state index in [1.807, 2.05) is 0 Å². The second-order valence-corrected chi connectivity index (χ2v) is 3.22. The molecule has 78 valence electrons. The maximum atomic E-state index is 10.9. The van der Waals surface area contributed by atoms with Gasteiger partial charge < -0.3 is 0 Å². The number of carbonyl (C=O) groups is 2. The predicted molar refractivity (Wildman–Crippen MR) is 53.4 cm³/mol. The van der Waals surface area contributed by atoms with Crippen LogP contribution in [0.15, 0.2) is 12.1 Å². The van der Waals surface area contributed by atoms with Gasteiger partial charge in [-0.2, -0.15) is 0 Å². The van der Waals surface area contributed by atoms with Gasteiger partial charge in [0.2, 0.25) is 0 Å². The van der Waals surface area contributed by atoms with Crippen LogP contribution in [0.4, 0.5) is 5.69 Å². The standard InChI is InChI=1S/C9H6ClNO4/c1-5-2-7(9(10)13)8(11(14)15)3-6(5)4-12/h2-4H,1H3. The summed E-state index contributed by atoms with van der Waals surface area (Å²) in [7, 11) is 0. The van der Waals surface area contributed by atoms with Crippen LogP contribution in [0.25, 0.3) is 0 Å². The number of aldehydes is 1. The molecular formula is C9H6ClNO4. The first-order chi connectivity index (χ1) is 6.97. The third-order valence-corrected chi connectivity index (χ3v) is 2.12. The molecule has 0 radical (unpaired) electrons. The zero-order valence-electron chi connectivity index (χ0n) is 7.69. The van der Waals surface area contributed by atoms with Crippen molar-refractivity contribution in [2.45, 2.75) is 6.92 Å². The minimum absolute atomic E-state index is 0.170. The molecule has 1 rings (SSSR count). The molecule has 0 aromatic heterocycles. The molecule has 0 saturated heterocycles. The van der Waals surface area contributed by atoms with Crippen LogP contribution >= 0.6 is 11.6 Å². The highest BCUT2D eigenvalue weighted by Crippen LogP contribution is 2.24. The molecule has 0 saturated carbocycles. The number of benzene rings is 1. The lowest BCUT2D eigenvalue weighted by molar-refractivity contribution is -0.385. The van der Waals surface area contributed by atoms with Gasteiger partial charge in [-0.3, -0.25) is 19.7 Å². The summed E-state index contributed by atoms with van der Waals surface area (Å²) >= 11 is 5.19. The number of rotatable bonds is 3. The summed E-state index contributed by atoms with van der Waals surface area (Å²) in [4.78, 5) is 31.3. The van der Waals surface area contributed by atoms with Gasteiger partial charge in [-0.15, -0.1) is 0 Å². The summed E-state index contributed by atoms with van der Waals surface area (Å²) < 4.78 is 0. The average molecular weight is 228 g/mol. The smallest absolute Gasteiger partial charge is 0.282 e. The molecule has 0 aliphatic carbocycles. The Bertz CT molecular complexity index is 456. The molecule has 0 heterocycles. The van der Waals surface area contributed by atoms with Crippen molar-refractivity contribution in [1.29, 1.82) is 0 Å². The summed E-state index contributed by atoms with van der Waals surface area (Å²) in [6.07, 6.45) is 0.491. The summed E-state index contributed by atoms with van der Waals surface area (Å²) in [6.45, 7) is 1.57. The van der Waals surface area contributed by atoms with E-state index >= 15 is 0 Å². The minimum atomic E-state index is -0.915. The summed E-state index contributed by atoms with van der Waals surface area (Å²) in [5.74, 6) is 0. The van der Waals surface area contributed by atoms with Crippen LogP contribution in [0.2, 0.25) is 0 Å². The first-order valence-corrected chi connectivity index (χ1v) is 4.29. The van der Waals surface area contributed by atoms with Crippen LogP contribution in [0, 0.1) is 17.0 Å². The number of hydrogen-bond acceptors (Lipinski definition) is 4. The van der Waals surface area contributed by atoms with Gasteiger partial charge in [0, 0.05) is 11.6 Å². The Morgan fingerprint density at radius 2 is 2.13 bits per heavy atom. The molecule has 0 atom stereocenters. The molecule has 5 nitrogen and oxygen atoms in total. The first kappa shape index (κ1) is 11.3. The number of carbonyl (C=O) groups excluding carboxylic acids is 2. The largest absolute Gasteiger partial charge is 0.298 e. The van der Waals surface area contributed by atoms with Gasteiger partial charge in [-0.1, -0.05) is 0 Å². The molecule has 1 aromatic rings. The third-order valence-electron chi connectivity index (χ3n) is 1.92. The fourth-order valence-electron chi connectivity index (χ4n) is 1.15. The SMILES string of the molecule is Cc1cc(C(=O)Cl)c([N+](=O)[O-])cc1C=O. The molecule has 0 aliphatic rings. The molecule has 0 spiro atoms. The van der Waals surface area contributed by atoms with Crippen LogP contribution in [0.5, 0.6) is 0 Å². The Kier molecular flexibility index (Phi) is 3.16. The Hall–Kier alpha value is -1.75. The molecule has 0 aliphatic heterocycles. The predicted octanol–water partition coefficient (Wildman–Crippen LogP) is 2.09. The van der Waals surface area contributed by atoms with Crippen LogP contribution in [0.1, 0.15) is 26.3 Å². The normalized spacial score (nSPS) is 9.73. The Balaban J connectivity index is 3.52. The highest BCUT2D eigenvalue weighted by molar-refractivity contribution is 6.68. The van der Waals surface area contributed by atoms with E-state index in [1.54, 1.807) is 6.92 Å². The number of hydrogen-bond donors (Lipinski definition) is 0. The van der Waals surface area contributed by atoms with E-state index in [2.05, 4.69) is 0 Å². The van der Waals surface area contributed by atoms with E-state index in [4.69, 9.17) is 11.6 Å². The van der Waals surface area contributed by atoms with Crippen molar-refractivity contribution in [3.63, 3.8) is 0 Å². The minimum Gasteiger partial charge on any atom is -0.298 e. The highest BCUT2D eigenvalue weighted by Gasteiger charge is 2.20. The molecular weight excluding hydrogens is 222 g/mol. The van der Waals surface area contributed by atoms with E-state index in [0.717, 1.165) is 6.07 Å². The second kappa shape index (κ2) is 4.18. The molecule has 0 amide bonds.